The lowest BCUT2D eigenvalue weighted by molar-refractivity contribution is -0.385. The maximum Gasteiger partial charge on any atom is 0.269 e. The molecule has 0 aliphatic heterocycles. The minimum atomic E-state index is -1.34. The number of benzene rings is 4. The van der Waals surface area contributed by atoms with Gasteiger partial charge >= 0.3 is 0 Å². The zero-order chi connectivity index (χ0) is 38.1. The number of hydrogen-bond acceptors (Lipinski definition) is 9. The second kappa shape index (κ2) is 17.9. The fourth-order valence-electron chi connectivity index (χ4n) is 4.98. The van der Waals surface area contributed by atoms with E-state index in [1.807, 2.05) is 0 Å². The number of nitrogens with zero attached hydrogens (tertiary/aromatic N) is 4. The van der Waals surface area contributed by atoms with Crippen molar-refractivity contribution in [3.8, 4) is 23.0 Å². The largest absolute Gasteiger partial charge is 0.462 e. The molecule has 0 fully saturated rings. The van der Waals surface area contributed by atoms with Crippen molar-refractivity contribution >= 4 is 69.6 Å². The van der Waals surface area contributed by atoms with Gasteiger partial charge in [-0.15, -0.1) is 0 Å². The van der Waals surface area contributed by atoms with Crippen molar-refractivity contribution < 1.29 is 33.3 Å². The number of alkyl halides is 4. The first kappa shape index (κ1) is 38.9. The minimum absolute atomic E-state index is 0.00757. The molecule has 0 bridgehead atoms. The molecular weight excluding hydrogens is 774 g/mol. The third kappa shape index (κ3) is 11.1. The lowest BCUT2D eigenvalue weighted by atomic mass is 10.2. The monoisotopic (exact) mass is 800 g/mol. The van der Waals surface area contributed by atoms with E-state index in [0.29, 0.717) is 34.5 Å². The molecule has 0 aliphatic carbocycles. The van der Waals surface area contributed by atoms with Crippen LogP contribution in [0, 0.1) is 20.2 Å². The molecule has 4 aromatic carbocycles. The van der Waals surface area contributed by atoms with E-state index in [9.17, 15) is 29.8 Å². The molecule has 0 aliphatic rings. The molecule has 0 radical (unpaired) electrons. The summed E-state index contributed by atoms with van der Waals surface area (Å²) in [4.78, 5) is 46.9. The SMILES string of the molecule is O=C(C(Cl)Cl)N(Cc1ccc(Oc2ccc([N+](=O)[O-])cc2)cc1)Cc1ccc(CN(Cc2ccc(Oc3ccc([N+](=O)[O-])cc3)cc2)C(=O)C(Cl)Cl)o1. The third-order valence-electron chi connectivity index (χ3n) is 7.57. The summed E-state index contributed by atoms with van der Waals surface area (Å²) < 4.78 is 17.5. The minimum Gasteiger partial charge on any atom is -0.462 e. The first-order chi connectivity index (χ1) is 25.3. The molecule has 5 aromatic rings. The van der Waals surface area contributed by atoms with Gasteiger partial charge in [-0.1, -0.05) is 70.7 Å². The van der Waals surface area contributed by atoms with Crippen LogP contribution < -0.4 is 9.47 Å². The van der Waals surface area contributed by atoms with Gasteiger partial charge in [0.05, 0.1) is 22.9 Å². The normalized spacial score (nSPS) is 11.0. The van der Waals surface area contributed by atoms with E-state index >= 15 is 0 Å². The standard InChI is InChI=1S/C36H28Cl4N4O9/c37-33(38)35(45)41(19-23-1-9-27(10-2-23)51-29-13-5-25(6-14-29)43(47)48)21-31-17-18-32(53-31)22-42(36(46)34(39)40)20-24-3-11-28(12-4-24)52-30-15-7-26(8-16-30)44(49)50/h1-18,33-34H,19-22H2. The van der Waals surface area contributed by atoms with Gasteiger partial charge in [0.15, 0.2) is 9.67 Å². The molecular formula is C36H28Cl4N4O9. The van der Waals surface area contributed by atoms with Gasteiger partial charge in [0, 0.05) is 37.4 Å². The molecule has 0 unspecified atom stereocenters. The van der Waals surface area contributed by atoms with Gasteiger partial charge in [0.25, 0.3) is 23.2 Å². The Morgan fingerprint density at radius 3 is 1.11 bits per heavy atom. The molecule has 0 spiro atoms. The van der Waals surface area contributed by atoms with Crippen molar-refractivity contribution in [2.24, 2.45) is 0 Å². The maximum absolute atomic E-state index is 13.0. The van der Waals surface area contributed by atoms with Crippen LogP contribution in [-0.4, -0.2) is 41.1 Å². The average Bonchev–Trinajstić information content (AvgIpc) is 3.58. The Morgan fingerprint density at radius 1 is 0.528 bits per heavy atom. The molecule has 1 heterocycles. The highest BCUT2D eigenvalue weighted by Crippen LogP contribution is 2.27. The zero-order valence-corrected chi connectivity index (χ0v) is 30.4. The van der Waals surface area contributed by atoms with E-state index in [4.69, 9.17) is 60.3 Å². The van der Waals surface area contributed by atoms with Gasteiger partial charge < -0.3 is 23.7 Å². The molecule has 17 heteroatoms. The van der Waals surface area contributed by atoms with Crippen molar-refractivity contribution in [2.45, 2.75) is 35.9 Å². The third-order valence-corrected chi connectivity index (χ3v) is 8.31. The van der Waals surface area contributed by atoms with Crippen LogP contribution in [0.4, 0.5) is 11.4 Å². The van der Waals surface area contributed by atoms with E-state index in [2.05, 4.69) is 0 Å². The lowest BCUT2D eigenvalue weighted by Crippen LogP contribution is -2.34. The van der Waals surface area contributed by atoms with E-state index < -0.39 is 31.3 Å². The Bertz CT molecular complexity index is 1900. The molecule has 0 saturated heterocycles. The van der Waals surface area contributed by atoms with Crippen molar-refractivity contribution in [2.75, 3.05) is 0 Å². The number of ether oxygens (including phenoxy) is 2. The van der Waals surface area contributed by atoms with Crippen LogP contribution in [0.25, 0.3) is 0 Å². The number of nitro benzene ring substituents is 2. The Balaban J connectivity index is 1.22. The predicted molar refractivity (Wildman–Crippen MR) is 197 cm³/mol. The number of furan rings is 1. The molecule has 2 amide bonds. The Morgan fingerprint density at radius 2 is 0.830 bits per heavy atom. The van der Waals surface area contributed by atoms with Gasteiger partial charge in [0.2, 0.25) is 0 Å². The second-order valence-electron chi connectivity index (χ2n) is 11.4. The highest BCUT2D eigenvalue weighted by atomic mass is 35.5. The number of amides is 2. The van der Waals surface area contributed by atoms with Crippen LogP contribution in [0.3, 0.4) is 0 Å². The molecule has 1 aromatic heterocycles. The Labute approximate surface area is 322 Å². The highest BCUT2D eigenvalue weighted by molar-refractivity contribution is 6.53. The quantitative estimate of drug-likeness (QED) is 0.0538. The fraction of sp³-hybridized carbons (Fsp3) is 0.167. The van der Waals surface area contributed by atoms with E-state index in [0.717, 1.165) is 11.1 Å². The summed E-state index contributed by atoms with van der Waals surface area (Å²) >= 11 is 23.9. The fourth-order valence-corrected chi connectivity index (χ4v) is 5.53. The number of non-ortho nitro benzene ring substituents is 2. The lowest BCUT2D eigenvalue weighted by Gasteiger charge is -2.23. The van der Waals surface area contributed by atoms with E-state index in [-0.39, 0.29) is 37.6 Å². The Kier molecular flexibility index (Phi) is 13.2. The van der Waals surface area contributed by atoms with Gasteiger partial charge in [-0.2, -0.15) is 0 Å². The van der Waals surface area contributed by atoms with Crippen molar-refractivity contribution in [3.05, 3.63) is 152 Å². The second-order valence-corrected chi connectivity index (χ2v) is 13.5. The number of rotatable bonds is 16. The molecule has 5 rings (SSSR count). The number of carbonyl (C=O) groups excluding carboxylic acids is 2. The average molecular weight is 802 g/mol. The van der Waals surface area contributed by atoms with Crippen LogP contribution in [0.5, 0.6) is 23.0 Å². The highest BCUT2D eigenvalue weighted by Gasteiger charge is 2.25. The van der Waals surface area contributed by atoms with Crippen LogP contribution in [0.2, 0.25) is 0 Å². The molecule has 0 N–H and O–H groups in total. The number of nitro groups is 2. The Hall–Kier alpha value is -5.34. The first-order valence-electron chi connectivity index (χ1n) is 15.6. The van der Waals surface area contributed by atoms with Gasteiger partial charge in [-0.05, 0) is 71.8 Å². The van der Waals surface area contributed by atoms with Crippen molar-refractivity contribution in [3.63, 3.8) is 0 Å². The molecule has 0 atom stereocenters. The summed E-state index contributed by atoms with van der Waals surface area (Å²) in [5, 5.41) is 21.8. The summed E-state index contributed by atoms with van der Waals surface area (Å²) in [6.45, 7) is 0.260. The number of carbonyl (C=O) groups is 2. The maximum atomic E-state index is 13.0. The molecule has 0 saturated carbocycles. The van der Waals surface area contributed by atoms with Crippen LogP contribution in [0.15, 0.2) is 114 Å². The van der Waals surface area contributed by atoms with Gasteiger partial charge in [-0.25, -0.2) is 0 Å². The van der Waals surface area contributed by atoms with E-state index in [1.54, 1.807) is 60.7 Å². The summed E-state index contributed by atoms with van der Waals surface area (Å²) in [6, 6.07) is 28.4. The number of halogens is 4. The van der Waals surface area contributed by atoms with Crippen LogP contribution in [-0.2, 0) is 35.8 Å². The van der Waals surface area contributed by atoms with Gasteiger partial charge in [-0.3, -0.25) is 29.8 Å². The zero-order valence-electron chi connectivity index (χ0n) is 27.4. The van der Waals surface area contributed by atoms with E-state index in [1.165, 1.54) is 58.3 Å². The van der Waals surface area contributed by atoms with Gasteiger partial charge in [0.1, 0.15) is 34.5 Å². The summed E-state index contributed by atoms with van der Waals surface area (Å²) in [7, 11) is 0. The molecule has 53 heavy (non-hydrogen) atoms. The summed E-state index contributed by atoms with van der Waals surface area (Å²) in [6.07, 6.45) is 0. The first-order valence-corrected chi connectivity index (χ1v) is 17.3. The topological polar surface area (TPSA) is 158 Å². The van der Waals surface area contributed by atoms with Crippen molar-refractivity contribution in [1.82, 2.24) is 9.80 Å². The smallest absolute Gasteiger partial charge is 0.269 e. The summed E-state index contributed by atoms with van der Waals surface area (Å²) in [5.74, 6) is 1.47. The molecule has 274 valence electrons. The predicted octanol–water partition coefficient (Wildman–Crippen LogP) is 9.35. The summed E-state index contributed by atoms with van der Waals surface area (Å²) in [5.41, 5.74) is 1.35. The van der Waals surface area contributed by atoms with Crippen LogP contribution in [0.1, 0.15) is 22.6 Å². The van der Waals surface area contributed by atoms with Crippen LogP contribution >= 0.6 is 46.4 Å². The number of hydrogen-bond donors (Lipinski definition) is 0. The molecule has 13 nitrogen and oxygen atoms in total. The van der Waals surface area contributed by atoms with Crippen molar-refractivity contribution in [1.29, 1.82) is 0 Å².